The highest BCUT2D eigenvalue weighted by Gasteiger charge is 2.39. The highest BCUT2D eigenvalue weighted by Crippen LogP contribution is 2.41. The first-order chi connectivity index (χ1) is 11.5. The van der Waals surface area contributed by atoms with E-state index in [1.165, 1.54) is 11.1 Å². The number of carbonyl (C=O) groups excluding carboxylic acids is 2. The van der Waals surface area contributed by atoms with Crippen LogP contribution >= 0.6 is 0 Å². The summed E-state index contributed by atoms with van der Waals surface area (Å²) < 4.78 is 10.8. The quantitative estimate of drug-likeness (QED) is 0.352. The van der Waals surface area contributed by atoms with Gasteiger partial charge in [0.15, 0.2) is 0 Å². The second-order valence-corrected chi connectivity index (χ2v) is 8.47. The second kappa shape index (κ2) is 8.68. The van der Waals surface area contributed by atoms with E-state index in [4.69, 9.17) is 9.47 Å². The molecule has 4 nitrogen and oxygen atoms in total. The maximum absolute atomic E-state index is 12.7. The number of esters is 2. The Kier molecular flexibility index (Phi) is 7.45. The minimum atomic E-state index is -0.453. The lowest BCUT2D eigenvalue weighted by Gasteiger charge is -2.34. The summed E-state index contributed by atoms with van der Waals surface area (Å²) in [6.45, 7) is 15.8. The Balaban J connectivity index is 2.58. The van der Waals surface area contributed by atoms with Gasteiger partial charge in [0.1, 0.15) is 0 Å². The standard InChI is InChI=1S/C21H34O4/c1-8-9-17-10-11-21(7,12-16(17)4)19(23)25-14-20(5,6)13-24-18(22)15(2)3/h2,8-14H2,1,3-7H3. The molecule has 0 aromatic carbocycles. The molecule has 0 saturated heterocycles. The molecule has 0 saturated carbocycles. The summed E-state index contributed by atoms with van der Waals surface area (Å²) in [5.74, 6) is -0.565. The van der Waals surface area contributed by atoms with Crippen LogP contribution in [0, 0.1) is 10.8 Å². The van der Waals surface area contributed by atoms with Gasteiger partial charge in [-0.2, -0.15) is 0 Å². The number of allylic oxidation sites excluding steroid dienone is 2. The summed E-state index contributed by atoms with van der Waals surface area (Å²) in [6.07, 6.45) is 4.85. The third-order valence-corrected chi connectivity index (χ3v) is 4.82. The van der Waals surface area contributed by atoms with Gasteiger partial charge < -0.3 is 9.47 Å². The van der Waals surface area contributed by atoms with E-state index in [0.717, 1.165) is 32.1 Å². The zero-order valence-corrected chi connectivity index (χ0v) is 16.8. The topological polar surface area (TPSA) is 52.6 Å². The molecule has 0 spiro atoms. The Morgan fingerprint density at radius 3 is 2.36 bits per heavy atom. The van der Waals surface area contributed by atoms with Crippen LogP contribution in [0.15, 0.2) is 23.3 Å². The van der Waals surface area contributed by atoms with Gasteiger partial charge in [-0.3, -0.25) is 4.79 Å². The van der Waals surface area contributed by atoms with Crippen molar-refractivity contribution >= 4 is 11.9 Å². The van der Waals surface area contributed by atoms with Crippen LogP contribution in [-0.2, 0) is 19.1 Å². The van der Waals surface area contributed by atoms with Crippen LogP contribution in [-0.4, -0.2) is 25.2 Å². The molecule has 1 atom stereocenters. The average Bonchev–Trinajstić information content (AvgIpc) is 2.53. The predicted octanol–water partition coefficient (Wildman–Crippen LogP) is 4.98. The third kappa shape index (κ3) is 6.33. The van der Waals surface area contributed by atoms with E-state index in [1.54, 1.807) is 6.92 Å². The van der Waals surface area contributed by atoms with E-state index in [2.05, 4.69) is 20.4 Å². The number of hydrogen-bond donors (Lipinski definition) is 0. The summed E-state index contributed by atoms with van der Waals surface area (Å²) in [5.41, 5.74) is 2.32. The SMILES string of the molecule is C=C(C)C(=O)OCC(C)(C)COC(=O)C1(C)CCC(CCC)=C(C)C1. The number of hydrogen-bond acceptors (Lipinski definition) is 4. The summed E-state index contributed by atoms with van der Waals surface area (Å²) in [4.78, 5) is 24.2. The van der Waals surface area contributed by atoms with Gasteiger partial charge in [0.05, 0.1) is 18.6 Å². The van der Waals surface area contributed by atoms with Crippen molar-refractivity contribution in [2.45, 2.75) is 73.6 Å². The summed E-state index contributed by atoms with van der Waals surface area (Å²) in [7, 11) is 0. The molecule has 4 heteroatoms. The van der Waals surface area contributed by atoms with Gasteiger partial charge in [0.2, 0.25) is 0 Å². The van der Waals surface area contributed by atoms with Gasteiger partial charge in [-0.1, -0.05) is 44.9 Å². The van der Waals surface area contributed by atoms with E-state index in [1.807, 2.05) is 20.8 Å². The van der Waals surface area contributed by atoms with E-state index in [9.17, 15) is 9.59 Å². The van der Waals surface area contributed by atoms with E-state index in [0.29, 0.717) is 5.57 Å². The maximum Gasteiger partial charge on any atom is 0.333 e. The first kappa shape index (κ1) is 21.5. The minimum Gasteiger partial charge on any atom is -0.465 e. The van der Waals surface area contributed by atoms with Crippen LogP contribution < -0.4 is 0 Å². The van der Waals surface area contributed by atoms with Crippen molar-refractivity contribution in [3.05, 3.63) is 23.3 Å². The highest BCUT2D eigenvalue weighted by atomic mass is 16.5. The molecule has 0 bridgehead atoms. The lowest BCUT2D eigenvalue weighted by Crippen LogP contribution is -2.36. The summed E-state index contributed by atoms with van der Waals surface area (Å²) in [6, 6.07) is 0. The van der Waals surface area contributed by atoms with Crippen molar-refractivity contribution in [3.63, 3.8) is 0 Å². The Bertz CT molecular complexity index is 556. The molecule has 0 heterocycles. The molecular weight excluding hydrogens is 316 g/mol. The van der Waals surface area contributed by atoms with Crippen molar-refractivity contribution in [1.29, 1.82) is 0 Å². The Hall–Kier alpha value is -1.58. The van der Waals surface area contributed by atoms with Crippen LogP contribution in [0.3, 0.4) is 0 Å². The van der Waals surface area contributed by atoms with Gasteiger partial charge in [0.25, 0.3) is 0 Å². The smallest absolute Gasteiger partial charge is 0.333 e. The van der Waals surface area contributed by atoms with Crippen molar-refractivity contribution in [2.24, 2.45) is 10.8 Å². The van der Waals surface area contributed by atoms with Crippen LogP contribution in [0.2, 0.25) is 0 Å². The largest absolute Gasteiger partial charge is 0.465 e. The fourth-order valence-electron chi connectivity index (χ4n) is 3.11. The van der Waals surface area contributed by atoms with Crippen molar-refractivity contribution in [3.8, 4) is 0 Å². The van der Waals surface area contributed by atoms with Crippen LogP contribution in [0.4, 0.5) is 0 Å². The summed E-state index contributed by atoms with van der Waals surface area (Å²) >= 11 is 0. The zero-order valence-electron chi connectivity index (χ0n) is 16.8. The molecular formula is C21H34O4. The predicted molar refractivity (Wildman–Crippen MR) is 100 cm³/mol. The molecule has 1 unspecified atom stereocenters. The molecule has 1 aliphatic carbocycles. The van der Waals surface area contributed by atoms with Crippen molar-refractivity contribution in [1.82, 2.24) is 0 Å². The van der Waals surface area contributed by atoms with Crippen LogP contribution in [0.25, 0.3) is 0 Å². The normalized spacial score (nSPS) is 21.0. The highest BCUT2D eigenvalue weighted by molar-refractivity contribution is 5.86. The molecule has 0 aliphatic heterocycles. The molecule has 0 aromatic rings. The number of carbonyl (C=O) groups is 2. The average molecular weight is 350 g/mol. The molecule has 25 heavy (non-hydrogen) atoms. The van der Waals surface area contributed by atoms with E-state index >= 15 is 0 Å². The van der Waals surface area contributed by atoms with Gasteiger partial charge in [0, 0.05) is 11.0 Å². The maximum atomic E-state index is 12.7. The van der Waals surface area contributed by atoms with E-state index in [-0.39, 0.29) is 19.2 Å². The molecule has 0 amide bonds. The molecule has 0 fully saturated rings. The van der Waals surface area contributed by atoms with E-state index < -0.39 is 16.8 Å². The Labute approximate surface area is 152 Å². The monoisotopic (exact) mass is 350 g/mol. The molecule has 142 valence electrons. The molecule has 0 radical (unpaired) electrons. The number of ether oxygens (including phenoxy) is 2. The van der Waals surface area contributed by atoms with Crippen molar-refractivity contribution < 1.29 is 19.1 Å². The second-order valence-electron chi connectivity index (χ2n) is 8.47. The lowest BCUT2D eigenvalue weighted by atomic mass is 9.72. The lowest BCUT2D eigenvalue weighted by molar-refractivity contribution is -0.161. The van der Waals surface area contributed by atoms with Gasteiger partial charge in [-0.15, -0.1) is 0 Å². The number of rotatable bonds is 8. The fourth-order valence-corrected chi connectivity index (χ4v) is 3.11. The van der Waals surface area contributed by atoms with Crippen molar-refractivity contribution in [2.75, 3.05) is 13.2 Å². The zero-order chi connectivity index (χ0) is 19.3. The molecule has 0 N–H and O–H groups in total. The molecule has 1 aliphatic rings. The fraction of sp³-hybridized carbons (Fsp3) is 0.714. The van der Waals surface area contributed by atoms with Crippen LogP contribution in [0.1, 0.15) is 73.6 Å². The van der Waals surface area contributed by atoms with Gasteiger partial charge in [-0.05, 0) is 46.5 Å². The van der Waals surface area contributed by atoms with Gasteiger partial charge >= 0.3 is 11.9 Å². The molecule has 1 rings (SSSR count). The Morgan fingerprint density at radius 2 is 1.84 bits per heavy atom. The first-order valence-corrected chi connectivity index (χ1v) is 9.18. The Morgan fingerprint density at radius 1 is 1.24 bits per heavy atom. The molecule has 0 aromatic heterocycles. The third-order valence-electron chi connectivity index (χ3n) is 4.82. The summed E-state index contributed by atoms with van der Waals surface area (Å²) in [5, 5.41) is 0. The van der Waals surface area contributed by atoms with Gasteiger partial charge in [-0.25, -0.2) is 4.79 Å². The first-order valence-electron chi connectivity index (χ1n) is 9.18. The van der Waals surface area contributed by atoms with Crippen LogP contribution in [0.5, 0.6) is 0 Å². The minimum absolute atomic E-state index is 0.151.